The smallest absolute Gasteiger partial charge is 0.134 e. The van der Waals surface area contributed by atoms with Gasteiger partial charge >= 0.3 is 0 Å². The predicted molar refractivity (Wildman–Crippen MR) is 77.1 cm³/mol. The van der Waals surface area contributed by atoms with Crippen molar-refractivity contribution in [3.05, 3.63) is 12.4 Å². The summed E-state index contributed by atoms with van der Waals surface area (Å²) < 4.78 is 0. The first-order chi connectivity index (χ1) is 8.19. The molecular weight excluding hydrogens is 232 g/mol. The molecule has 0 amide bonds. The van der Waals surface area contributed by atoms with Crippen LogP contribution in [0.15, 0.2) is 12.4 Å². The van der Waals surface area contributed by atoms with Gasteiger partial charge in [-0.2, -0.15) is 11.8 Å². The average Bonchev–Trinajstić information content (AvgIpc) is 2.36. The molecular formula is C12H22N4S. The maximum Gasteiger partial charge on any atom is 0.134 e. The maximum absolute atomic E-state index is 4.32. The van der Waals surface area contributed by atoms with Gasteiger partial charge in [0.15, 0.2) is 0 Å². The van der Waals surface area contributed by atoms with Crippen molar-refractivity contribution in [2.45, 2.75) is 26.3 Å². The van der Waals surface area contributed by atoms with Crippen LogP contribution in [-0.2, 0) is 0 Å². The first-order valence-electron chi connectivity index (χ1n) is 5.96. The van der Waals surface area contributed by atoms with E-state index in [-0.39, 0.29) is 0 Å². The second-order valence-corrected chi connectivity index (χ2v) is 5.01. The summed E-state index contributed by atoms with van der Waals surface area (Å²) in [5, 5.41) is 3.28. The summed E-state index contributed by atoms with van der Waals surface area (Å²) in [6.45, 7) is 5.29. The molecule has 4 nitrogen and oxygen atoms in total. The fourth-order valence-electron chi connectivity index (χ4n) is 1.47. The molecule has 5 heteroatoms. The molecule has 0 bridgehead atoms. The number of aromatic nitrogens is 2. The summed E-state index contributed by atoms with van der Waals surface area (Å²) in [6.07, 6.45) is 4.84. The highest BCUT2D eigenvalue weighted by Gasteiger charge is 2.11. The second-order valence-electron chi connectivity index (χ2n) is 4.10. The minimum atomic E-state index is 0.471. The van der Waals surface area contributed by atoms with E-state index in [1.807, 2.05) is 17.8 Å². The quantitative estimate of drug-likeness (QED) is 0.809. The topological polar surface area (TPSA) is 41.0 Å². The molecule has 0 aliphatic heterocycles. The summed E-state index contributed by atoms with van der Waals surface area (Å²) in [4.78, 5) is 10.7. The molecule has 1 aromatic rings. The summed E-state index contributed by atoms with van der Waals surface area (Å²) >= 11 is 1.85. The molecule has 1 unspecified atom stereocenters. The highest BCUT2D eigenvalue weighted by atomic mass is 32.2. The Morgan fingerprint density at radius 2 is 2.24 bits per heavy atom. The summed E-state index contributed by atoms with van der Waals surface area (Å²) in [5.41, 5.74) is 0. The number of rotatable bonds is 7. The highest BCUT2D eigenvalue weighted by Crippen LogP contribution is 2.16. The standard InChI is InChI=1S/C12H22N4S/c1-5-6-13-11-7-12(15-9-14-11)16(3)10(2)8-17-4/h7,9-10H,5-6,8H2,1-4H3,(H,13,14,15). The Morgan fingerprint density at radius 1 is 1.47 bits per heavy atom. The van der Waals surface area contributed by atoms with Crippen molar-refractivity contribution in [2.75, 3.05) is 35.8 Å². The van der Waals surface area contributed by atoms with Crippen molar-refractivity contribution in [1.82, 2.24) is 9.97 Å². The van der Waals surface area contributed by atoms with Gasteiger partial charge < -0.3 is 10.2 Å². The van der Waals surface area contributed by atoms with E-state index in [0.717, 1.165) is 30.4 Å². The van der Waals surface area contributed by atoms with Crippen molar-refractivity contribution in [1.29, 1.82) is 0 Å². The summed E-state index contributed by atoms with van der Waals surface area (Å²) in [6, 6.07) is 2.48. The molecule has 1 atom stereocenters. The fourth-order valence-corrected chi connectivity index (χ4v) is 2.17. The Labute approximate surface area is 108 Å². The third kappa shape index (κ3) is 4.42. The van der Waals surface area contributed by atoms with Crippen LogP contribution in [0.2, 0.25) is 0 Å². The molecule has 1 rings (SSSR count). The first-order valence-corrected chi connectivity index (χ1v) is 7.36. The van der Waals surface area contributed by atoms with Crippen LogP contribution in [0.3, 0.4) is 0 Å². The SMILES string of the molecule is CCCNc1cc(N(C)C(C)CSC)ncn1. The molecule has 1 N–H and O–H groups in total. The van der Waals surface area contributed by atoms with Crippen LogP contribution in [0.25, 0.3) is 0 Å². The van der Waals surface area contributed by atoms with E-state index in [2.05, 4.69) is 47.3 Å². The molecule has 0 radical (unpaired) electrons. The Hall–Kier alpha value is -0.970. The van der Waals surface area contributed by atoms with Gasteiger partial charge in [-0.1, -0.05) is 6.92 Å². The number of hydrogen-bond donors (Lipinski definition) is 1. The molecule has 0 aromatic carbocycles. The van der Waals surface area contributed by atoms with Crippen LogP contribution in [0, 0.1) is 0 Å². The number of anilines is 2. The highest BCUT2D eigenvalue weighted by molar-refractivity contribution is 7.98. The van der Waals surface area contributed by atoms with Crippen molar-refractivity contribution in [2.24, 2.45) is 0 Å². The zero-order chi connectivity index (χ0) is 12.7. The molecule has 96 valence electrons. The van der Waals surface area contributed by atoms with Gasteiger partial charge in [-0.25, -0.2) is 9.97 Å². The third-order valence-corrected chi connectivity index (χ3v) is 3.45. The molecule has 0 fully saturated rings. The minimum absolute atomic E-state index is 0.471. The normalized spacial score (nSPS) is 12.2. The molecule has 0 aliphatic carbocycles. The molecule has 0 saturated carbocycles. The summed E-state index contributed by atoms with van der Waals surface area (Å²) in [7, 11) is 2.08. The third-order valence-electron chi connectivity index (χ3n) is 2.64. The minimum Gasteiger partial charge on any atom is -0.370 e. The Kier molecular flexibility index (Phi) is 6.11. The van der Waals surface area contributed by atoms with E-state index in [1.165, 1.54) is 0 Å². The van der Waals surface area contributed by atoms with Gasteiger partial charge in [-0.15, -0.1) is 0 Å². The van der Waals surface area contributed by atoms with Gasteiger partial charge in [-0.3, -0.25) is 0 Å². The van der Waals surface area contributed by atoms with Gasteiger partial charge in [0.1, 0.15) is 18.0 Å². The molecule has 17 heavy (non-hydrogen) atoms. The maximum atomic E-state index is 4.32. The van der Waals surface area contributed by atoms with E-state index < -0.39 is 0 Å². The fraction of sp³-hybridized carbons (Fsp3) is 0.667. The lowest BCUT2D eigenvalue weighted by molar-refractivity contribution is 0.751. The van der Waals surface area contributed by atoms with Crippen LogP contribution in [0.1, 0.15) is 20.3 Å². The van der Waals surface area contributed by atoms with Crippen molar-refractivity contribution in [3.8, 4) is 0 Å². The Morgan fingerprint density at radius 3 is 2.88 bits per heavy atom. The van der Waals surface area contributed by atoms with E-state index in [4.69, 9.17) is 0 Å². The van der Waals surface area contributed by atoms with E-state index in [9.17, 15) is 0 Å². The van der Waals surface area contributed by atoms with Gasteiger partial charge in [0, 0.05) is 31.5 Å². The van der Waals surface area contributed by atoms with Crippen LogP contribution in [0.4, 0.5) is 11.6 Å². The number of thioether (sulfide) groups is 1. The van der Waals surface area contributed by atoms with Crippen LogP contribution < -0.4 is 10.2 Å². The zero-order valence-corrected chi connectivity index (χ0v) is 11.9. The van der Waals surface area contributed by atoms with Crippen molar-refractivity contribution in [3.63, 3.8) is 0 Å². The number of nitrogens with one attached hydrogen (secondary N) is 1. The van der Waals surface area contributed by atoms with E-state index in [0.29, 0.717) is 6.04 Å². The first kappa shape index (κ1) is 14.1. The van der Waals surface area contributed by atoms with Crippen molar-refractivity contribution >= 4 is 23.4 Å². The predicted octanol–water partition coefficient (Wildman–Crippen LogP) is 2.49. The molecule has 1 heterocycles. The zero-order valence-electron chi connectivity index (χ0n) is 11.1. The molecule has 0 saturated heterocycles. The Bertz CT molecular complexity index is 332. The van der Waals surface area contributed by atoms with Crippen LogP contribution >= 0.6 is 11.8 Å². The van der Waals surface area contributed by atoms with E-state index >= 15 is 0 Å². The van der Waals surface area contributed by atoms with Crippen molar-refractivity contribution < 1.29 is 0 Å². The van der Waals surface area contributed by atoms with Crippen LogP contribution in [0.5, 0.6) is 0 Å². The lowest BCUT2D eigenvalue weighted by Crippen LogP contribution is -2.31. The van der Waals surface area contributed by atoms with Crippen LogP contribution in [-0.4, -0.2) is 41.6 Å². The average molecular weight is 254 g/mol. The largest absolute Gasteiger partial charge is 0.370 e. The second kappa shape index (κ2) is 7.37. The number of nitrogens with zero attached hydrogens (tertiary/aromatic N) is 3. The lowest BCUT2D eigenvalue weighted by atomic mass is 10.3. The van der Waals surface area contributed by atoms with E-state index in [1.54, 1.807) is 6.33 Å². The molecule has 0 aliphatic rings. The van der Waals surface area contributed by atoms with Gasteiger partial charge in [0.2, 0.25) is 0 Å². The lowest BCUT2D eigenvalue weighted by Gasteiger charge is -2.25. The Balaban J connectivity index is 2.69. The van der Waals surface area contributed by atoms with Gasteiger partial charge in [0.05, 0.1) is 0 Å². The van der Waals surface area contributed by atoms with Gasteiger partial charge in [0.25, 0.3) is 0 Å². The number of hydrogen-bond acceptors (Lipinski definition) is 5. The van der Waals surface area contributed by atoms with Gasteiger partial charge in [-0.05, 0) is 19.6 Å². The monoisotopic (exact) mass is 254 g/mol. The molecule has 1 aromatic heterocycles. The molecule has 0 spiro atoms. The summed E-state index contributed by atoms with van der Waals surface area (Å²) in [5.74, 6) is 2.97.